The topological polar surface area (TPSA) is 74.2 Å². The van der Waals surface area contributed by atoms with Crippen LogP contribution in [-0.4, -0.2) is 58.5 Å². The Morgan fingerprint density at radius 3 is 2.79 bits per heavy atom. The van der Waals surface area contributed by atoms with E-state index in [2.05, 4.69) is 25.2 Å². The van der Waals surface area contributed by atoms with E-state index in [1.807, 2.05) is 24.8 Å². The van der Waals surface area contributed by atoms with Gasteiger partial charge in [0.15, 0.2) is 5.13 Å². The lowest BCUT2D eigenvalue weighted by molar-refractivity contribution is 0.0771. The van der Waals surface area contributed by atoms with Gasteiger partial charge in [0, 0.05) is 45.1 Å². The average molecular weight is 346 g/mol. The van der Waals surface area contributed by atoms with Gasteiger partial charge >= 0.3 is 0 Å². The maximum Gasteiger partial charge on any atom is 0.265 e. The summed E-state index contributed by atoms with van der Waals surface area (Å²) in [5.41, 5.74) is 0.799. The molecule has 3 rings (SSSR count). The standard InChI is InChI=1S/C16H22N6OS/c1-3-17-16-20-12(2)13(24-16)14(23)21-8-5-9-22(11-10-21)15-18-6-4-7-19-15/h4,6-7H,3,5,8-11H2,1-2H3,(H,17,20). The Morgan fingerprint density at radius 1 is 1.25 bits per heavy atom. The third-order valence-corrected chi connectivity index (χ3v) is 5.04. The number of thiazole rings is 1. The van der Waals surface area contributed by atoms with Crippen molar-refractivity contribution in [3.8, 4) is 0 Å². The van der Waals surface area contributed by atoms with Gasteiger partial charge in [-0.1, -0.05) is 11.3 Å². The molecule has 7 nitrogen and oxygen atoms in total. The lowest BCUT2D eigenvalue weighted by atomic mass is 10.3. The van der Waals surface area contributed by atoms with Crippen molar-refractivity contribution in [2.24, 2.45) is 0 Å². The zero-order chi connectivity index (χ0) is 16.9. The SMILES string of the molecule is CCNc1nc(C)c(C(=O)N2CCCN(c3ncccn3)CC2)s1. The molecule has 0 radical (unpaired) electrons. The molecule has 0 aliphatic carbocycles. The summed E-state index contributed by atoms with van der Waals surface area (Å²) in [6, 6.07) is 1.81. The van der Waals surface area contributed by atoms with Crippen LogP contribution in [0, 0.1) is 6.92 Å². The van der Waals surface area contributed by atoms with Crippen LogP contribution < -0.4 is 10.2 Å². The van der Waals surface area contributed by atoms with Crippen molar-refractivity contribution >= 4 is 28.3 Å². The molecule has 24 heavy (non-hydrogen) atoms. The van der Waals surface area contributed by atoms with Crippen LogP contribution in [0.3, 0.4) is 0 Å². The molecule has 1 amide bonds. The predicted molar refractivity (Wildman–Crippen MR) is 95.8 cm³/mol. The Labute approximate surface area is 145 Å². The Morgan fingerprint density at radius 2 is 2.04 bits per heavy atom. The highest BCUT2D eigenvalue weighted by Crippen LogP contribution is 2.24. The second-order valence-corrected chi connectivity index (χ2v) is 6.64. The molecule has 2 aromatic rings. The number of anilines is 2. The van der Waals surface area contributed by atoms with Crippen LogP contribution in [0.2, 0.25) is 0 Å². The minimum atomic E-state index is 0.0741. The van der Waals surface area contributed by atoms with Crippen molar-refractivity contribution in [1.29, 1.82) is 0 Å². The molecule has 2 aromatic heterocycles. The van der Waals surface area contributed by atoms with E-state index in [1.165, 1.54) is 11.3 Å². The molecule has 0 spiro atoms. The molecule has 0 aromatic carbocycles. The molecule has 1 saturated heterocycles. The summed E-state index contributed by atoms with van der Waals surface area (Å²) in [6.07, 6.45) is 4.40. The molecule has 1 fully saturated rings. The van der Waals surface area contributed by atoms with Gasteiger partial charge in [-0.3, -0.25) is 4.79 Å². The first-order chi connectivity index (χ1) is 11.7. The van der Waals surface area contributed by atoms with Crippen molar-refractivity contribution in [2.75, 3.05) is 42.9 Å². The van der Waals surface area contributed by atoms with Gasteiger partial charge < -0.3 is 15.1 Å². The third kappa shape index (κ3) is 3.64. The fraction of sp³-hybridized carbons (Fsp3) is 0.500. The first-order valence-corrected chi connectivity index (χ1v) is 9.03. The number of carbonyl (C=O) groups excluding carboxylic acids is 1. The second kappa shape index (κ2) is 7.57. The summed E-state index contributed by atoms with van der Waals surface area (Å²) in [7, 11) is 0. The summed E-state index contributed by atoms with van der Waals surface area (Å²) >= 11 is 1.44. The Hall–Kier alpha value is -2.22. The molecule has 0 saturated carbocycles. The smallest absolute Gasteiger partial charge is 0.265 e. The quantitative estimate of drug-likeness (QED) is 0.913. The molecule has 3 heterocycles. The third-order valence-electron chi connectivity index (χ3n) is 3.94. The molecule has 1 aliphatic rings. The van der Waals surface area contributed by atoms with E-state index in [1.54, 1.807) is 12.4 Å². The largest absolute Gasteiger partial charge is 0.362 e. The van der Waals surface area contributed by atoms with Crippen molar-refractivity contribution in [3.63, 3.8) is 0 Å². The lowest BCUT2D eigenvalue weighted by Crippen LogP contribution is -2.35. The minimum absolute atomic E-state index is 0.0741. The summed E-state index contributed by atoms with van der Waals surface area (Å²) in [5.74, 6) is 0.806. The van der Waals surface area contributed by atoms with Crippen molar-refractivity contribution in [2.45, 2.75) is 20.3 Å². The second-order valence-electron chi connectivity index (χ2n) is 5.65. The molecular formula is C16H22N6OS. The van der Waals surface area contributed by atoms with Crippen molar-refractivity contribution in [1.82, 2.24) is 19.9 Å². The molecular weight excluding hydrogens is 324 g/mol. The summed E-state index contributed by atoms with van der Waals surface area (Å²) in [6.45, 7) is 7.74. The number of carbonyl (C=O) groups is 1. The molecule has 0 unspecified atom stereocenters. The molecule has 128 valence electrons. The van der Waals surface area contributed by atoms with Crippen LogP contribution in [0.4, 0.5) is 11.1 Å². The Kier molecular flexibility index (Phi) is 5.24. The highest BCUT2D eigenvalue weighted by molar-refractivity contribution is 7.17. The number of nitrogens with zero attached hydrogens (tertiary/aromatic N) is 5. The number of rotatable bonds is 4. The van der Waals surface area contributed by atoms with Gasteiger partial charge in [-0.15, -0.1) is 0 Å². The van der Waals surface area contributed by atoms with Gasteiger partial charge in [-0.25, -0.2) is 15.0 Å². The van der Waals surface area contributed by atoms with Gasteiger partial charge in [0.2, 0.25) is 5.95 Å². The fourth-order valence-corrected chi connectivity index (χ4v) is 3.74. The van der Waals surface area contributed by atoms with Gasteiger partial charge in [0.1, 0.15) is 4.88 Å². The van der Waals surface area contributed by atoms with E-state index in [4.69, 9.17) is 0 Å². The monoisotopic (exact) mass is 346 g/mol. The average Bonchev–Trinajstić information content (AvgIpc) is 2.82. The number of amides is 1. The zero-order valence-corrected chi connectivity index (χ0v) is 14.8. The van der Waals surface area contributed by atoms with E-state index < -0.39 is 0 Å². The van der Waals surface area contributed by atoms with Crippen LogP contribution in [0.15, 0.2) is 18.5 Å². The van der Waals surface area contributed by atoms with Gasteiger partial charge in [0.05, 0.1) is 5.69 Å². The first-order valence-electron chi connectivity index (χ1n) is 8.21. The Balaban J connectivity index is 1.68. The van der Waals surface area contributed by atoms with Crippen LogP contribution in [0.1, 0.15) is 28.7 Å². The van der Waals surface area contributed by atoms with Gasteiger partial charge in [-0.2, -0.15) is 0 Å². The van der Waals surface area contributed by atoms with Crippen molar-refractivity contribution < 1.29 is 4.79 Å². The normalized spacial score (nSPS) is 15.2. The highest BCUT2D eigenvalue weighted by atomic mass is 32.1. The van der Waals surface area contributed by atoms with Gasteiger partial charge in [-0.05, 0) is 26.3 Å². The van der Waals surface area contributed by atoms with Crippen LogP contribution in [0.25, 0.3) is 0 Å². The summed E-state index contributed by atoms with van der Waals surface area (Å²) in [5, 5.41) is 3.99. The van der Waals surface area contributed by atoms with E-state index >= 15 is 0 Å². The van der Waals surface area contributed by atoms with E-state index in [0.29, 0.717) is 6.54 Å². The Bertz CT molecular complexity index is 689. The van der Waals surface area contributed by atoms with Crippen LogP contribution >= 0.6 is 11.3 Å². The maximum absolute atomic E-state index is 12.9. The highest BCUT2D eigenvalue weighted by Gasteiger charge is 2.24. The number of aromatic nitrogens is 3. The van der Waals surface area contributed by atoms with E-state index in [9.17, 15) is 4.79 Å². The lowest BCUT2D eigenvalue weighted by Gasteiger charge is -2.21. The molecule has 1 aliphatic heterocycles. The first kappa shape index (κ1) is 16.6. The van der Waals surface area contributed by atoms with E-state index in [-0.39, 0.29) is 5.91 Å². The minimum Gasteiger partial charge on any atom is -0.362 e. The summed E-state index contributed by atoms with van der Waals surface area (Å²) < 4.78 is 0. The fourth-order valence-electron chi connectivity index (χ4n) is 2.74. The summed E-state index contributed by atoms with van der Waals surface area (Å²) in [4.78, 5) is 30.7. The van der Waals surface area contributed by atoms with E-state index in [0.717, 1.165) is 54.3 Å². The van der Waals surface area contributed by atoms with Crippen LogP contribution in [0.5, 0.6) is 0 Å². The zero-order valence-electron chi connectivity index (χ0n) is 14.0. The number of hydrogen-bond donors (Lipinski definition) is 1. The van der Waals surface area contributed by atoms with Crippen molar-refractivity contribution in [3.05, 3.63) is 29.0 Å². The molecule has 1 N–H and O–H groups in total. The molecule has 0 atom stereocenters. The number of hydrogen-bond acceptors (Lipinski definition) is 7. The van der Waals surface area contributed by atoms with Gasteiger partial charge in [0.25, 0.3) is 5.91 Å². The number of nitrogens with one attached hydrogen (secondary N) is 1. The number of aryl methyl sites for hydroxylation is 1. The predicted octanol–water partition coefficient (Wildman–Crippen LogP) is 2.03. The molecule has 0 bridgehead atoms. The van der Waals surface area contributed by atoms with Crippen LogP contribution in [-0.2, 0) is 0 Å². The molecule has 8 heteroatoms. The maximum atomic E-state index is 12.9.